The number of aryl methyl sites for hydroxylation is 1. The Morgan fingerprint density at radius 3 is 2.46 bits per heavy atom. The zero-order valence-electron chi connectivity index (χ0n) is 14.6. The lowest BCUT2D eigenvalue weighted by molar-refractivity contribution is 0.0376. The fourth-order valence-corrected chi connectivity index (χ4v) is 2.61. The van der Waals surface area contributed by atoms with Crippen molar-refractivity contribution in [3.8, 4) is 0 Å². The third kappa shape index (κ3) is 4.25. The van der Waals surface area contributed by atoms with E-state index in [0.717, 1.165) is 6.42 Å². The Balaban J connectivity index is 2.03. The largest absolute Gasteiger partial charge is 0.459 e. The Morgan fingerprint density at radius 1 is 1.17 bits per heavy atom. The molecule has 2 rings (SSSR count). The lowest BCUT2D eigenvalue weighted by Crippen LogP contribution is -2.26. The first kappa shape index (κ1) is 17.8. The summed E-state index contributed by atoms with van der Waals surface area (Å²) in [6.07, 6.45) is 0.558. The number of hydrogen-bond donors (Lipinski definition) is 2. The minimum Gasteiger partial charge on any atom is -0.459 e. The summed E-state index contributed by atoms with van der Waals surface area (Å²) >= 11 is 0. The molecule has 1 heterocycles. The molecule has 0 fully saturated rings. The number of aromatic nitrogens is 1. The number of ether oxygens (including phenoxy) is 1. The van der Waals surface area contributed by atoms with Crippen LogP contribution in [0.2, 0.25) is 0 Å². The van der Waals surface area contributed by atoms with Crippen LogP contribution in [0.1, 0.15) is 51.5 Å². The summed E-state index contributed by atoms with van der Waals surface area (Å²) in [5.74, 6) is -0.616. The molecule has 0 radical (unpaired) electrons. The molecule has 1 amide bonds. The zero-order chi connectivity index (χ0) is 17.7. The van der Waals surface area contributed by atoms with Crippen LogP contribution in [0.5, 0.6) is 0 Å². The Hall–Kier alpha value is -2.56. The number of carbonyl (C=O) groups is 2. The Kier molecular flexibility index (Phi) is 5.79. The average molecular weight is 328 g/mol. The maximum atomic E-state index is 12.4. The second kappa shape index (κ2) is 7.81. The summed E-state index contributed by atoms with van der Waals surface area (Å²) in [7, 11) is 0. The second-order valence-corrected chi connectivity index (χ2v) is 6.07. The van der Waals surface area contributed by atoms with E-state index in [9.17, 15) is 9.59 Å². The zero-order valence-corrected chi connectivity index (χ0v) is 14.6. The van der Waals surface area contributed by atoms with Gasteiger partial charge in [0, 0.05) is 12.2 Å². The predicted molar refractivity (Wildman–Crippen MR) is 93.3 cm³/mol. The molecule has 0 aliphatic rings. The summed E-state index contributed by atoms with van der Waals surface area (Å²) in [6, 6.07) is 9.96. The van der Waals surface area contributed by atoms with Crippen LogP contribution in [0.25, 0.3) is 0 Å². The molecule has 0 atom stereocenters. The monoisotopic (exact) mass is 328 g/mol. The number of hydrogen-bond acceptors (Lipinski definition) is 3. The number of amides is 1. The van der Waals surface area contributed by atoms with Crippen LogP contribution >= 0.6 is 0 Å². The number of H-pyrrole nitrogens is 1. The van der Waals surface area contributed by atoms with Crippen molar-refractivity contribution >= 4 is 11.9 Å². The molecule has 2 aromatic rings. The minimum atomic E-state index is -0.403. The highest BCUT2D eigenvalue weighted by Crippen LogP contribution is 2.19. The number of rotatable bonds is 6. The number of nitrogens with one attached hydrogen (secondary N) is 2. The molecule has 0 saturated carbocycles. The van der Waals surface area contributed by atoms with Crippen molar-refractivity contribution in [2.75, 3.05) is 6.54 Å². The van der Waals surface area contributed by atoms with Crippen LogP contribution in [0.15, 0.2) is 30.3 Å². The van der Waals surface area contributed by atoms with E-state index in [4.69, 9.17) is 4.74 Å². The fourth-order valence-electron chi connectivity index (χ4n) is 2.61. The first-order valence-corrected chi connectivity index (χ1v) is 8.12. The van der Waals surface area contributed by atoms with E-state index in [1.165, 1.54) is 5.56 Å². The van der Waals surface area contributed by atoms with Crippen molar-refractivity contribution < 1.29 is 14.3 Å². The number of carbonyl (C=O) groups excluding carboxylic acids is 2. The molecular formula is C19H24N2O3. The predicted octanol–water partition coefficient (Wildman–Crippen LogP) is 3.17. The van der Waals surface area contributed by atoms with Gasteiger partial charge in [-0.25, -0.2) is 4.79 Å². The molecule has 0 unspecified atom stereocenters. The van der Waals surface area contributed by atoms with Crippen molar-refractivity contribution in [1.29, 1.82) is 0 Å². The van der Waals surface area contributed by atoms with Gasteiger partial charge in [-0.3, -0.25) is 4.79 Å². The smallest absolute Gasteiger partial charge is 0.340 e. The highest BCUT2D eigenvalue weighted by atomic mass is 16.5. The molecule has 0 saturated heterocycles. The average Bonchev–Trinajstić information content (AvgIpc) is 2.82. The molecule has 1 aromatic heterocycles. The highest BCUT2D eigenvalue weighted by molar-refractivity contribution is 6.00. The fraction of sp³-hybridized carbons (Fsp3) is 0.368. The summed E-state index contributed by atoms with van der Waals surface area (Å²) in [5, 5.41) is 2.89. The van der Waals surface area contributed by atoms with Crippen LogP contribution < -0.4 is 5.32 Å². The number of esters is 1. The van der Waals surface area contributed by atoms with E-state index in [2.05, 4.69) is 10.3 Å². The molecule has 5 heteroatoms. The molecule has 0 bridgehead atoms. The quantitative estimate of drug-likeness (QED) is 0.800. The molecule has 1 aromatic carbocycles. The van der Waals surface area contributed by atoms with Crippen LogP contribution in [0.3, 0.4) is 0 Å². The lowest BCUT2D eigenvalue weighted by atomic mass is 10.1. The van der Waals surface area contributed by atoms with Crippen molar-refractivity contribution in [2.24, 2.45) is 0 Å². The molecule has 128 valence electrons. The van der Waals surface area contributed by atoms with Gasteiger partial charge in [-0.2, -0.15) is 0 Å². The van der Waals surface area contributed by atoms with Gasteiger partial charge < -0.3 is 15.0 Å². The normalized spacial score (nSPS) is 10.7. The van der Waals surface area contributed by atoms with Crippen LogP contribution in [-0.2, 0) is 11.2 Å². The Morgan fingerprint density at radius 2 is 1.83 bits per heavy atom. The molecule has 0 aliphatic heterocycles. The summed E-state index contributed by atoms with van der Waals surface area (Å²) in [4.78, 5) is 27.5. The van der Waals surface area contributed by atoms with Gasteiger partial charge in [0.15, 0.2) is 0 Å². The van der Waals surface area contributed by atoms with Crippen LogP contribution in [-0.4, -0.2) is 29.5 Å². The summed E-state index contributed by atoms with van der Waals surface area (Å²) < 4.78 is 5.24. The summed E-state index contributed by atoms with van der Waals surface area (Å²) in [5.41, 5.74) is 3.29. The highest BCUT2D eigenvalue weighted by Gasteiger charge is 2.23. The molecule has 5 nitrogen and oxygen atoms in total. The Labute approximate surface area is 142 Å². The molecule has 0 spiro atoms. The maximum absolute atomic E-state index is 12.4. The van der Waals surface area contributed by atoms with Crippen LogP contribution in [0, 0.1) is 13.8 Å². The molecular weight excluding hydrogens is 304 g/mol. The van der Waals surface area contributed by atoms with Crippen molar-refractivity contribution in [2.45, 2.75) is 40.2 Å². The van der Waals surface area contributed by atoms with E-state index in [-0.39, 0.29) is 12.0 Å². The Bertz CT molecular complexity index is 718. The molecule has 0 aliphatic carbocycles. The number of benzene rings is 1. The van der Waals surface area contributed by atoms with E-state index < -0.39 is 5.97 Å². The first-order valence-electron chi connectivity index (χ1n) is 8.12. The SMILES string of the molecule is Cc1[nH]c(C(=O)NCCc2ccccc2)c(C)c1C(=O)OC(C)C. The third-order valence-electron chi connectivity index (χ3n) is 3.75. The van der Waals surface area contributed by atoms with E-state index in [1.807, 2.05) is 30.3 Å². The van der Waals surface area contributed by atoms with Gasteiger partial charge in [-0.15, -0.1) is 0 Å². The molecule has 24 heavy (non-hydrogen) atoms. The topological polar surface area (TPSA) is 71.2 Å². The van der Waals surface area contributed by atoms with Gasteiger partial charge in [-0.1, -0.05) is 30.3 Å². The molecule has 2 N–H and O–H groups in total. The van der Waals surface area contributed by atoms with Crippen molar-refractivity contribution in [3.05, 3.63) is 58.4 Å². The number of aromatic amines is 1. The van der Waals surface area contributed by atoms with E-state index in [1.54, 1.807) is 27.7 Å². The van der Waals surface area contributed by atoms with Gasteiger partial charge in [-0.05, 0) is 45.2 Å². The maximum Gasteiger partial charge on any atom is 0.340 e. The lowest BCUT2D eigenvalue weighted by Gasteiger charge is -2.08. The van der Waals surface area contributed by atoms with Gasteiger partial charge in [0.2, 0.25) is 0 Å². The van der Waals surface area contributed by atoms with E-state index >= 15 is 0 Å². The van der Waals surface area contributed by atoms with Gasteiger partial charge >= 0.3 is 5.97 Å². The summed E-state index contributed by atoms with van der Waals surface area (Å²) in [6.45, 7) is 7.65. The minimum absolute atomic E-state index is 0.200. The van der Waals surface area contributed by atoms with Gasteiger partial charge in [0.25, 0.3) is 5.91 Å². The van der Waals surface area contributed by atoms with Crippen molar-refractivity contribution in [1.82, 2.24) is 10.3 Å². The van der Waals surface area contributed by atoms with Crippen molar-refractivity contribution in [3.63, 3.8) is 0 Å². The third-order valence-corrected chi connectivity index (χ3v) is 3.75. The standard InChI is InChI=1S/C19H24N2O3/c1-12(2)24-19(23)16-13(3)17(21-14(16)4)18(22)20-11-10-15-8-6-5-7-9-15/h5-9,12,21H,10-11H2,1-4H3,(H,20,22). The van der Waals surface area contributed by atoms with Crippen LogP contribution in [0.4, 0.5) is 0 Å². The van der Waals surface area contributed by atoms with Gasteiger partial charge in [0.1, 0.15) is 5.69 Å². The van der Waals surface area contributed by atoms with E-state index in [0.29, 0.717) is 29.1 Å². The van der Waals surface area contributed by atoms with Gasteiger partial charge in [0.05, 0.1) is 11.7 Å². The first-order chi connectivity index (χ1) is 11.4. The second-order valence-electron chi connectivity index (χ2n) is 6.07.